The molecule has 0 spiro atoms. The number of rotatable bonds is 19. The second-order valence-corrected chi connectivity index (χ2v) is 28.1. The number of nitrogens with zero attached hydrogens (tertiary/aromatic N) is 7. The number of pyridine rings is 2. The largest absolute Gasteiger partial charge is 0.483 e. The molecular weight excluding hydrogens is 1270 g/mol. The molecule has 12 rings (SSSR count). The van der Waals surface area contributed by atoms with Gasteiger partial charge in [-0.25, -0.2) is 27.5 Å². The van der Waals surface area contributed by atoms with Gasteiger partial charge in [0.2, 0.25) is 10.9 Å². The maximum atomic E-state index is 14.5. The summed E-state index contributed by atoms with van der Waals surface area (Å²) in [6.45, 7) is 10.7. The van der Waals surface area contributed by atoms with Gasteiger partial charge in [-0.05, 0) is 88.1 Å². The van der Waals surface area contributed by atoms with Crippen LogP contribution in [-0.4, -0.2) is 110 Å². The van der Waals surface area contributed by atoms with E-state index in [2.05, 4.69) is 9.97 Å². The van der Waals surface area contributed by atoms with Gasteiger partial charge >= 0.3 is 0 Å². The van der Waals surface area contributed by atoms with Crippen LogP contribution in [0, 0.1) is 23.3 Å². The summed E-state index contributed by atoms with van der Waals surface area (Å²) in [5.74, 6) is -4.91. The van der Waals surface area contributed by atoms with E-state index in [1.54, 1.807) is 56.3 Å². The SMILES string of the molecule is CC(C)N1CC(C)(CN2C(=O)c3ccccc3C2=O)n2cc(-c3ncc(Cc4ccc(F)cc4F)s3)c(=O)c(OCc3ccccc3)c2C1=O.CC(C)N1CC(C)(COS(C)(=O)=O)n2cc(-c3ncc(Cc4ccc(F)cc4F)s3)c(=O)c(OCc3ccccc3)c2C1=O. The zero-order chi connectivity index (χ0) is 67.1. The fraction of sp³-hybridized carbons (Fsp3) is 0.275. The molecule has 4 aromatic heterocycles. The number of hydrogen-bond acceptors (Lipinski definition) is 15. The lowest BCUT2D eigenvalue weighted by molar-refractivity contribution is 0.0366. The molecule has 9 aromatic rings. The fourth-order valence-electron chi connectivity index (χ4n) is 11.5. The molecule has 7 heterocycles. The molecule has 94 heavy (non-hydrogen) atoms. The molecular formula is C69H63F4N7O11S3. The molecule has 4 amide bonds. The maximum absolute atomic E-state index is 14.5. The van der Waals surface area contributed by atoms with Gasteiger partial charge in [0, 0.05) is 84.7 Å². The Kier molecular flexibility index (Phi) is 18.6. The number of carbonyl (C=O) groups excluding carboxylic acids is 4. The Morgan fingerprint density at radius 2 is 0.947 bits per heavy atom. The summed E-state index contributed by atoms with van der Waals surface area (Å²) in [4.78, 5) is 98.3. The number of thiazole rings is 2. The summed E-state index contributed by atoms with van der Waals surface area (Å²) in [5.41, 5.74) is -0.489. The first kappa shape index (κ1) is 66.0. The summed E-state index contributed by atoms with van der Waals surface area (Å²) in [6.07, 6.45) is 7.24. The second kappa shape index (κ2) is 26.5. The molecule has 2 unspecified atom stereocenters. The number of aromatic nitrogens is 4. The molecule has 0 fully saturated rings. The van der Waals surface area contributed by atoms with Gasteiger partial charge in [0.25, 0.3) is 33.7 Å². The van der Waals surface area contributed by atoms with E-state index in [0.29, 0.717) is 25.9 Å². The number of imide groups is 1. The van der Waals surface area contributed by atoms with Gasteiger partial charge in [0.15, 0.2) is 22.9 Å². The Morgan fingerprint density at radius 1 is 0.543 bits per heavy atom. The number of halogens is 4. The molecule has 0 saturated heterocycles. The van der Waals surface area contributed by atoms with Crippen molar-refractivity contribution in [1.82, 2.24) is 33.8 Å². The van der Waals surface area contributed by atoms with Crippen LogP contribution in [0.2, 0.25) is 0 Å². The standard InChI is InChI=1S/C38H32F2N4O5S.C31H31F2N3O6S2/c1-22(2)42-20-38(3,21-43-35(46)27-11-7-8-12-28(27)36(43)47)44-18-29(34-41-17-26(50-34)15-24-13-14-25(39)16-30(24)40)32(45)33(31(44)37(42)48)49-19-23-9-5-4-6-10-23;1-19(2)35-17-31(3,18-42-44(4,39)40)36-15-24(29-34-14-23(43-29)12-21-10-11-22(32)13-25(21)33)27(37)28(26(36)30(35)38)41-16-20-8-6-5-7-9-20/h4-14,16-18,22H,15,19-21H2,1-3H3;5-11,13-15,19H,12,16-18H2,1-4H3. The molecule has 0 radical (unpaired) electrons. The zero-order valence-electron chi connectivity index (χ0n) is 52.0. The van der Waals surface area contributed by atoms with E-state index in [9.17, 15) is 54.7 Å². The van der Waals surface area contributed by atoms with Gasteiger partial charge in [0.1, 0.15) is 46.5 Å². The summed E-state index contributed by atoms with van der Waals surface area (Å²) >= 11 is 2.30. The summed E-state index contributed by atoms with van der Waals surface area (Å²) in [5, 5.41) is 0.590. The average molecular weight is 1340 g/mol. The minimum atomic E-state index is -3.85. The molecule has 5 aromatic carbocycles. The highest BCUT2D eigenvalue weighted by molar-refractivity contribution is 7.86. The van der Waals surface area contributed by atoms with Crippen LogP contribution in [0.15, 0.2) is 156 Å². The molecule has 486 valence electrons. The van der Waals surface area contributed by atoms with Crippen molar-refractivity contribution in [3.63, 3.8) is 0 Å². The van der Waals surface area contributed by atoms with Crippen LogP contribution in [0.1, 0.15) is 115 Å². The molecule has 3 aliphatic rings. The van der Waals surface area contributed by atoms with Crippen molar-refractivity contribution >= 4 is 56.4 Å². The topological polar surface area (TPSA) is 210 Å². The Hall–Kier alpha value is -9.43. The van der Waals surface area contributed by atoms with Crippen molar-refractivity contribution in [3.05, 3.63) is 244 Å². The van der Waals surface area contributed by atoms with Crippen LogP contribution in [0.3, 0.4) is 0 Å². The Morgan fingerprint density at radius 3 is 1.35 bits per heavy atom. The van der Waals surface area contributed by atoms with E-state index >= 15 is 0 Å². The number of fused-ring (bicyclic) bond motifs is 3. The van der Waals surface area contributed by atoms with Crippen LogP contribution in [0.4, 0.5) is 17.6 Å². The summed E-state index contributed by atoms with van der Waals surface area (Å²) in [7, 11) is -3.85. The second-order valence-electron chi connectivity index (χ2n) is 24.2. The number of ether oxygens (including phenoxy) is 2. The molecule has 3 aliphatic heterocycles. The lowest BCUT2D eigenvalue weighted by Gasteiger charge is -2.46. The fourth-order valence-corrected chi connectivity index (χ4v) is 13.9. The van der Waals surface area contributed by atoms with E-state index < -0.39 is 79.0 Å². The highest BCUT2D eigenvalue weighted by atomic mass is 32.2. The minimum absolute atomic E-state index is 0.00102. The number of hydrogen-bond donors (Lipinski definition) is 0. The lowest BCUT2D eigenvalue weighted by atomic mass is 9.93. The predicted molar refractivity (Wildman–Crippen MR) is 346 cm³/mol. The van der Waals surface area contributed by atoms with Crippen LogP contribution in [0.25, 0.3) is 21.1 Å². The van der Waals surface area contributed by atoms with Gasteiger partial charge in [-0.15, -0.1) is 22.7 Å². The van der Waals surface area contributed by atoms with Gasteiger partial charge in [-0.2, -0.15) is 8.42 Å². The van der Waals surface area contributed by atoms with E-state index in [4.69, 9.17) is 13.7 Å². The average Bonchev–Trinajstić information content (AvgIpc) is 0.889. The third-order valence-electron chi connectivity index (χ3n) is 16.4. The van der Waals surface area contributed by atoms with Crippen molar-refractivity contribution in [2.45, 2.75) is 90.8 Å². The molecule has 25 heteroatoms. The Balaban J connectivity index is 0.000000194. The van der Waals surface area contributed by atoms with Crippen molar-refractivity contribution in [3.8, 4) is 32.6 Å². The van der Waals surface area contributed by atoms with E-state index in [-0.39, 0.29) is 115 Å². The minimum Gasteiger partial charge on any atom is -0.483 e. The normalized spacial score (nSPS) is 16.9. The van der Waals surface area contributed by atoms with Crippen molar-refractivity contribution in [2.24, 2.45) is 0 Å². The van der Waals surface area contributed by atoms with E-state index in [1.165, 1.54) is 47.8 Å². The molecule has 0 bridgehead atoms. The Bertz CT molecular complexity index is 4660. The first-order valence-electron chi connectivity index (χ1n) is 29.8. The smallest absolute Gasteiger partial charge is 0.274 e. The van der Waals surface area contributed by atoms with Crippen LogP contribution >= 0.6 is 22.7 Å². The highest BCUT2D eigenvalue weighted by Crippen LogP contribution is 2.40. The first-order valence-corrected chi connectivity index (χ1v) is 33.3. The molecule has 2 atom stereocenters. The first-order chi connectivity index (χ1) is 44.7. The van der Waals surface area contributed by atoms with Crippen LogP contribution < -0.4 is 20.3 Å². The summed E-state index contributed by atoms with van der Waals surface area (Å²) in [6, 6.07) is 31.1. The van der Waals surface area contributed by atoms with Gasteiger partial charge in [0.05, 0.1) is 52.7 Å². The van der Waals surface area contributed by atoms with Gasteiger partial charge in [-0.3, -0.25) is 37.9 Å². The van der Waals surface area contributed by atoms with Crippen molar-refractivity contribution in [1.29, 1.82) is 0 Å². The van der Waals surface area contributed by atoms with Crippen LogP contribution in [0.5, 0.6) is 11.5 Å². The number of carbonyl (C=O) groups is 4. The van der Waals surface area contributed by atoms with E-state index in [0.717, 1.165) is 52.2 Å². The quantitative estimate of drug-likeness (QED) is 0.0420. The molecule has 0 N–H and O–H groups in total. The molecule has 18 nitrogen and oxygen atoms in total. The van der Waals surface area contributed by atoms with Gasteiger partial charge < -0.3 is 28.4 Å². The monoisotopic (exact) mass is 1340 g/mol. The molecule has 0 saturated carbocycles. The van der Waals surface area contributed by atoms with Crippen molar-refractivity contribution in [2.75, 3.05) is 32.5 Å². The number of benzene rings is 5. The highest BCUT2D eigenvalue weighted by Gasteiger charge is 2.48. The van der Waals surface area contributed by atoms with Crippen LogP contribution in [-0.2, 0) is 51.4 Å². The Labute approximate surface area is 546 Å². The molecule has 0 aliphatic carbocycles. The zero-order valence-corrected chi connectivity index (χ0v) is 54.5. The third-order valence-corrected chi connectivity index (χ3v) is 19.0. The predicted octanol–water partition coefficient (Wildman–Crippen LogP) is 11.3. The summed E-state index contributed by atoms with van der Waals surface area (Å²) < 4.78 is 101. The van der Waals surface area contributed by atoms with Crippen molar-refractivity contribution < 1.29 is 58.8 Å². The van der Waals surface area contributed by atoms with Gasteiger partial charge in [-0.1, -0.05) is 84.9 Å². The maximum Gasteiger partial charge on any atom is 0.274 e. The third kappa shape index (κ3) is 13.5. The van der Waals surface area contributed by atoms with E-state index in [1.807, 2.05) is 95.3 Å². The number of amides is 4. The lowest BCUT2D eigenvalue weighted by Crippen LogP contribution is -2.59.